The highest BCUT2D eigenvalue weighted by Crippen LogP contribution is 2.11. The molecule has 0 atom stereocenters. The van der Waals surface area contributed by atoms with E-state index in [-0.39, 0.29) is 12.4 Å². The predicted octanol–water partition coefficient (Wildman–Crippen LogP) is 0.964. The van der Waals surface area contributed by atoms with E-state index in [1.807, 2.05) is 11.0 Å². The van der Waals surface area contributed by atoms with Gasteiger partial charge in [-0.3, -0.25) is 5.41 Å². The Labute approximate surface area is 102 Å². The molecular formula is C12H20N4O. The molecule has 0 bridgehead atoms. The number of aromatic nitrogens is 1. The van der Waals surface area contributed by atoms with Crippen LogP contribution < -0.4 is 10.6 Å². The van der Waals surface area contributed by atoms with E-state index in [1.54, 1.807) is 12.3 Å². The molecule has 0 aromatic carbocycles. The minimum Gasteiger partial charge on any atom is -0.395 e. The maximum Gasteiger partial charge on any atom is 0.128 e. The Balaban J connectivity index is 2.75. The minimum atomic E-state index is 0.0197. The Morgan fingerprint density at radius 1 is 1.47 bits per heavy atom. The molecule has 0 saturated carbocycles. The van der Waals surface area contributed by atoms with Gasteiger partial charge in [0.1, 0.15) is 11.7 Å². The highest BCUT2D eigenvalue weighted by molar-refractivity contribution is 5.94. The van der Waals surface area contributed by atoms with E-state index in [4.69, 9.17) is 16.2 Å². The Morgan fingerprint density at radius 3 is 2.71 bits per heavy atom. The third-order valence-electron chi connectivity index (χ3n) is 2.53. The molecule has 0 aliphatic heterocycles. The molecule has 1 rings (SSSR count). The van der Waals surface area contributed by atoms with Crippen molar-refractivity contribution in [2.45, 2.75) is 19.8 Å². The molecule has 1 aromatic rings. The first-order valence-electron chi connectivity index (χ1n) is 5.85. The van der Waals surface area contributed by atoms with Crippen LogP contribution in [0.2, 0.25) is 0 Å². The number of amidine groups is 1. The molecule has 94 valence electrons. The van der Waals surface area contributed by atoms with E-state index in [1.165, 1.54) is 0 Å². The van der Waals surface area contributed by atoms with Crippen LogP contribution in [0.5, 0.6) is 0 Å². The fraction of sp³-hybridized carbons (Fsp3) is 0.500. The summed E-state index contributed by atoms with van der Waals surface area (Å²) in [6, 6.07) is 3.61. The number of aliphatic hydroxyl groups excluding tert-OH is 1. The molecule has 0 spiro atoms. The van der Waals surface area contributed by atoms with Gasteiger partial charge in [-0.15, -0.1) is 0 Å². The quantitative estimate of drug-likeness (QED) is 0.486. The van der Waals surface area contributed by atoms with E-state index in [0.717, 1.165) is 25.2 Å². The molecule has 5 heteroatoms. The van der Waals surface area contributed by atoms with Gasteiger partial charge in [-0.2, -0.15) is 0 Å². The van der Waals surface area contributed by atoms with Gasteiger partial charge < -0.3 is 15.7 Å². The molecule has 4 N–H and O–H groups in total. The highest BCUT2D eigenvalue weighted by atomic mass is 16.3. The topological polar surface area (TPSA) is 86.2 Å². The second-order valence-electron chi connectivity index (χ2n) is 3.88. The third kappa shape index (κ3) is 4.03. The zero-order valence-electron chi connectivity index (χ0n) is 10.2. The third-order valence-corrected chi connectivity index (χ3v) is 2.53. The van der Waals surface area contributed by atoms with Crippen LogP contribution in [0.25, 0.3) is 0 Å². The largest absolute Gasteiger partial charge is 0.395 e. The molecule has 0 unspecified atom stereocenters. The maximum atomic E-state index is 9.02. The number of anilines is 1. The lowest BCUT2D eigenvalue weighted by Gasteiger charge is -2.22. The summed E-state index contributed by atoms with van der Waals surface area (Å²) in [7, 11) is 0. The van der Waals surface area contributed by atoms with Gasteiger partial charge in [-0.25, -0.2) is 4.98 Å². The van der Waals surface area contributed by atoms with Crippen molar-refractivity contribution in [2.75, 3.05) is 24.6 Å². The second kappa shape index (κ2) is 6.85. The van der Waals surface area contributed by atoms with Gasteiger partial charge in [-0.1, -0.05) is 13.3 Å². The van der Waals surface area contributed by atoms with E-state index in [9.17, 15) is 0 Å². The van der Waals surface area contributed by atoms with E-state index < -0.39 is 0 Å². The van der Waals surface area contributed by atoms with E-state index >= 15 is 0 Å². The lowest BCUT2D eigenvalue weighted by molar-refractivity contribution is 0.301. The SMILES string of the molecule is CCCCN(CCO)c1ccc(C(=N)N)cn1. The summed E-state index contributed by atoms with van der Waals surface area (Å²) >= 11 is 0. The number of nitrogens with zero attached hydrogens (tertiary/aromatic N) is 2. The minimum absolute atomic E-state index is 0.0197. The molecule has 5 nitrogen and oxygen atoms in total. The molecule has 0 fully saturated rings. The van der Waals surface area contributed by atoms with Crippen molar-refractivity contribution in [1.29, 1.82) is 5.41 Å². The van der Waals surface area contributed by atoms with Crippen molar-refractivity contribution >= 4 is 11.7 Å². The van der Waals surface area contributed by atoms with Gasteiger partial charge in [0.25, 0.3) is 0 Å². The van der Waals surface area contributed by atoms with Crippen LogP contribution in [-0.2, 0) is 0 Å². The highest BCUT2D eigenvalue weighted by Gasteiger charge is 2.07. The van der Waals surface area contributed by atoms with Crippen LogP contribution in [0.15, 0.2) is 18.3 Å². The number of aliphatic hydroxyl groups is 1. The standard InChI is InChI=1S/C12H20N4O/c1-2-3-6-16(7-8-17)11-5-4-10(9-15-11)12(13)14/h4-5,9,17H,2-3,6-8H2,1H3,(H3,13,14). The Bertz CT molecular complexity index is 350. The number of hydrogen-bond acceptors (Lipinski definition) is 4. The fourth-order valence-electron chi connectivity index (χ4n) is 1.54. The van der Waals surface area contributed by atoms with Gasteiger partial charge in [0, 0.05) is 24.8 Å². The summed E-state index contributed by atoms with van der Waals surface area (Å²) in [4.78, 5) is 6.30. The van der Waals surface area contributed by atoms with Crippen LogP contribution in [0, 0.1) is 5.41 Å². The van der Waals surface area contributed by atoms with Crippen molar-refractivity contribution in [1.82, 2.24) is 4.98 Å². The van der Waals surface area contributed by atoms with Crippen molar-refractivity contribution in [3.05, 3.63) is 23.9 Å². The van der Waals surface area contributed by atoms with Crippen LogP contribution in [-0.4, -0.2) is 35.6 Å². The van der Waals surface area contributed by atoms with E-state index in [0.29, 0.717) is 12.1 Å². The smallest absolute Gasteiger partial charge is 0.128 e. The molecule has 0 saturated heterocycles. The summed E-state index contributed by atoms with van der Waals surface area (Å²) in [6.45, 7) is 3.69. The molecule has 1 heterocycles. The monoisotopic (exact) mass is 236 g/mol. The molecule has 0 amide bonds. The summed E-state index contributed by atoms with van der Waals surface area (Å²) in [5, 5.41) is 16.3. The summed E-state index contributed by atoms with van der Waals surface area (Å²) in [5.74, 6) is 0.837. The van der Waals surface area contributed by atoms with Gasteiger partial charge in [0.15, 0.2) is 0 Å². The zero-order valence-corrected chi connectivity index (χ0v) is 10.2. The Hall–Kier alpha value is -1.62. The van der Waals surface area contributed by atoms with Crippen LogP contribution in [0.3, 0.4) is 0 Å². The Kier molecular flexibility index (Phi) is 5.42. The summed E-state index contributed by atoms with van der Waals surface area (Å²) in [6.07, 6.45) is 3.76. The summed E-state index contributed by atoms with van der Waals surface area (Å²) < 4.78 is 0. The number of nitrogens with one attached hydrogen (secondary N) is 1. The van der Waals surface area contributed by atoms with Gasteiger partial charge >= 0.3 is 0 Å². The number of rotatable bonds is 7. The molecule has 0 radical (unpaired) electrons. The number of hydrogen-bond donors (Lipinski definition) is 3. The lowest BCUT2D eigenvalue weighted by atomic mass is 10.2. The van der Waals surface area contributed by atoms with Crippen LogP contribution in [0.4, 0.5) is 5.82 Å². The molecule has 0 aliphatic rings. The van der Waals surface area contributed by atoms with Gasteiger partial charge in [0.2, 0.25) is 0 Å². The fourth-order valence-corrected chi connectivity index (χ4v) is 1.54. The van der Waals surface area contributed by atoms with Crippen molar-refractivity contribution in [3.8, 4) is 0 Å². The number of unbranched alkanes of at least 4 members (excludes halogenated alkanes) is 1. The van der Waals surface area contributed by atoms with Crippen LogP contribution in [0.1, 0.15) is 25.3 Å². The average Bonchev–Trinajstić information content (AvgIpc) is 2.34. The van der Waals surface area contributed by atoms with E-state index in [2.05, 4.69) is 11.9 Å². The van der Waals surface area contributed by atoms with Crippen molar-refractivity contribution < 1.29 is 5.11 Å². The number of nitrogen functional groups attached to an aromatic ring is 1. The van der Waals surface area contributed by atoms with Gasteiger partial charge in [-0.05, 0) is 18.6 Å². The first-order valence-corrected chi connectivity index (χ1v) is 5.85. The lowest BCUT2D eigenvalue weighted by Crippen LogP contribution is -2.28. The zero-order chi connectivity index (χ0) is 12.7. The summed E-state index contributed by atoms with van der Waals surface area (Å²) in [5.41, 5.74) is 5.99. The van der Waals surface area contributed by atoms with Crippen molar-refractivity contribution in [3.63, 3.8) is 0 Å². The molecule has 17 heavy (non-hydrogen) atoms. The van der Waals surface area contributed by atoms with Crippen LogP contribution >= 0.6 is 0 Å². The average molecular weight is 236 g/mol. The molecular weight excluding hydrogens is 216 g/mol. The number of pyridine rings is 1. The predicted molar refractivity (Wildman–Crippen MR) is 69.5 cm³/mol. The van der Waals surface area contributed by atoms with Gasteiger partial charge in [0.05, 0.1) is 6.61 Å². The first kappa shape index (κ1) is 13.4. The molecule has 1 aromatic heterocycles. The number of nitrogens with two attached hydrogens (primary N) is 1. The van der Waals surface area contributed by atoms with Crippen molar-refractivity contribution in [2.24, 2.45) is 5.73 Å². The maximum absolute atomic E-state index is 9.02. The first-order chi connectivity index (χ1) is 8.19. The Morgan fingerprint density at radius 2 is 2.24 bits per heavy atom. The molecule has 0 aliphatic carbocycles. The normalized spacial score (nSPS) is 10.2. The second-order valence-corrected chi connectivity index (χ2v) is 3.88.